The number of rotatable bonds is 3. The maximum atomic E-state index is 12.9. The summed E-state index contributed by atoms with van der Waals surface area (Å²) >= 11 is 0. The second kappa shape index (κ2) is 5.27. The highest BCUT2D eigenvalue weighted by molar-refractivity contribution is 6.12. The molecule has 2 atom stereocenters. The van der Waals surface area contributed by atoms with Crippen molar-refractivity contribution in [3.05, 3.63) is 29.8 Å². The van der Waals surface area contributed by atoms with Crippen LogP contribution in [0.3, 0.4) is 0 Å². The second-order valence-electron chi connectivity index (χ2n) is 5.59. The van der Waals surface area contributed by atoms with Crippen molar-refractivity contribution in [2.75, 3.05) is 4.90 Å². The minimum Gasteiger partial charge on any atom is -0.338 e. The molecule has 1 aliphatic rings. The van der Waals surface area contributed by atoms with Crippen LogP contribution in [0.5, 0.6) is 0 Å². The van der Waals surface area contributed by atoms with E-state index in [0.717, 1.165) is 6.42 Å². The molecule has 0 fully saturated rings. The fourth-order valence-corrected chi connectivity index (χ4v) is 2.48. The van der Waals surface area contributed by atoms with E-state index in [9.17, 15) is 9.59 Å². The predicted molar refractivity (Wildman–Crippen MR) is 79.8 cm³/mol. The molecule has 1 aromatic rings. The standard InChI is InChI=1S/C16H22N2O2/c1-5-11(3)18-13-10-8-7-9-12(13)14(19)17-16(4,6-2)15(18)20/h7-11H,5-6H2,1-4H3,(H,17,19). The molecular formula is C16H22N2O2. The van der Waals surface area contributed by atoms with Gasteiger partial charge >= 0.3 is 0 Å². The van der Waals surface area contributed by atoms with E-state index in [1.807, 2.05) is 39.0 Å². The largest absolute Gasteiger partial charge is 0.338 e. The third kappa shape index (κ3) is 2.19. The molecule has 4 heteroatoms. The molecule has 1 N–H and O–H groups in total. The number of carbonyl (C=O) groups excluding carboxylic acids is 2. The van der Waals surface area contributed by atoms with Gasteiger partial charge in [-0.25, -0.2) is 0 Å². The fourth-order valence-electron chi connectivity index (χ4n) is 2.48. The molecule has 2 amide bonds. The van der Waals surface area contributed by atoms with Crippen LogP contribution >= 0.6 is 0 Å². The normalized spacial score (nSPS) is 23.9. The number of fused-ring (bicyclic) bond motifs is 1. The van der Waals surface area contributed by atoms with Crippen molar-refractivity contribution < 1.29 is 9.59 Å². The number of carbonyl (C=O) groups is 2. The third-order valence-corrected chi connectivity index (χ3v) is 4.23. The lowest BCUT2D eigenvalue weighted by Crippen LogP contribution is -2.57. The van der Waals surface area contributed by atoms with Crippen LogP contribution in [0.2, 0.25) is 0 Å². The highest BCUT2D eigenvalue weighted by Gasteiger charge is 2.42. The smallest absolute Gasteiger partial charge is 0.254 e. The van der Waals surface area contributed by atoms with Crippen LogP contribution in [0, 0.1) is 0 Å². The highest BCUT2D eigenvalue weighted by atomic mass is 16.2. The second-order valence-corrected chi connectivity index (χ2v) is 5.59. The molecule has 1 aliphatic heterocycles. The summed E-state index contributed by atoms with van der Waals surface area (Å²) in [4.78, 5) is 27.1. The first-order valence-electron chi connectivity index (χ1n) is 7.19. The Labute approximate surface area is 120 Å². The molecule has 0 radical (unpaired) electrons. The number of para-hydroxylation sites is 1. The van der Waals surface area contributed by atoms with E-state index < -0.39 is 5.54 Å². The van der Waals surface area contributed by atoms with E-state index in [-0.39, 0.29) is 17.9 Å². The molecular weight excluding hydrogens is 252 g/mol. The Kier molecular flexibility index (Phi) is 3.84. The van der Waals surface area contributed by atoms with Crippen LogP contribution in [0.25, 0.3) is 0 Å². The lowest BCUT2D eigenvalue weighted by Gasteiger charge is -2.35. The van der Waals surface area contributed by atoms with E-state index in [0.29, 0.717) is 17.7 Å². The molecule has 0 spiro atoms. The SMILES string of the molecule is CCC(C)N1C(=O)C(C)(CC)NC(=O)c2ccccc21. The molecule has 1 aromatic carbocycles. The molecule has 20 heavy (non-hydrogen) atoms. The number of anilines is 1. The lowest BCUT2D eigenvalue weighted by molar-refractivity contribution is -0.124. The minimum absolute atomic E-state index is 0.0346. The van der Waals surface area contributed by atoms with Crippen molar-refractivity contribution in [3.63, 3.8) is 0 Å². The first-order valence-corrected chi connectivity index (χ1v) is 7.19. The predicted octanol–water partition coefficient (Wildman–Crippen LogP) is 2.73. The van der Waals surface area contributed by atoms with E-state index >= 15 is 0 Å². The van der Waals surface area contributed by atoms with E-state index in [4.69, 9.17) is 0 Å². The van der Waals surface area contributed by atoms with Gasteiger partial charge in [0.25, 0.3) is 11.8 Å². The molecule has 0 aliphatic carbocycles. The van der Waals surface area contributed by atoms with Crippen LogP contribution in [-0.4, -0.2) is 23.4 Å². The van der Waals surface area contributed by atoms with Crippen molar-refractivity contribution >= 4 is 17.5 Å². The molecule has 1 heterocycles. The zero-order valence-electron chi connectivity index (χ0n) is 12.6. The average molecular weight is 274 g/mol. The molecule has 2 unspecified atom stereocenters. The van der Waals surface area contributed by atoms with Gasteiger partial charge in [0.2, 0.25) is 0 Å². The van der Waals surface area contributed by atoms with Crippen LogP contribution in [0.4, 0.5) is 5.69 Å². The van der Waals surface area contributed by atoms with Gasteiger partial charge in [0.05, 0.1) is 11.3 Å². The summed E-state index contributed by atoms with van der Waals surface area (Å²) in [5.74, 6) is -0.211. The van der Waals surface area contributed by atoms with Gasteiger partial charge in [-0.1, -0.05) is 26.0 Å². The van der Waals surface area contributed by atoms with E-state index in [1.165, 1.54) is 0 Å². The fraction of sp³-hybridized carbons (Fsp3) is 0.500. The van der Waals surface area contributed by atoms with Crippen LogP contribution in [-0.2, 0) is 4.79 Å². The summed E-state index contributed by atoms with van der Waals surface area (Å²) in [5, 5.41) is 2.89. The maximum absolute atomic E-state index is 12.9. The average Bonchev–Trinajstić information content (AvgIpc) is 2.54. The van der Waals surface area contributed by atoms with Crippen LogP contribution in [0.15, 0.2) is 24.3 Å². The number of hydrogen-bond donors (Lipinski definition) is 1. The summed E-state index contributed by atoms with van der Waals surface area (Å²) in [7, 11) is 0. The maximum Gasteiger partial charge on any atom is 0.254 e. The number of amides is 2. The van der Waals surface area contributed by atoms with Gasteiger partial charge in [0.1, 0.15) is 5.54 Å². The van der Waals surface area contributed by atoms with E-state index in [2.05, 4.69) is 5.32 Å². The summed E-state index contributed by atoms with van der Waals surface area (Å²) in [6.45, 7) is 7.78. The Bertz CT molecular complexity index is 541. The Balaban J connectivity index is 2.63. The number of hydrogen-bond acceptors (Lipinski definition) is 2. The molecule has 0 aromatic heterocycles. The molecule has 4 nitrogen and oxygen atoms in total. The van der Waals surface area contributed by atoms with Gasteiger partial charge in [0, 0.05) is 6.04 Å². The quantitative estimate of drug-likeness (QED) is 0.921. The molecule has 0 saturated heterocycles. The van der Waals surface area contributed by atoms with E-state index in [1.54, 1.807) is 17.9 Å². The Morgan fingerprint density at radius 1 is 1.25 bits per heavy atom. The monoisotopic (exact) mass is 274 g/mol. The summed E-state index contributed by atoms with van der Waals surface area (Å²) in [5.41, 5.74) is 0.430. The van der Waals surface area contributed by atoms with Gasteiger partial charge in [-0.15, -0.1) is 0 Å². The van der Waals surface area contributed by atoms with Crippen molar-refractivity contribution in [1.29, 1.82) is 0 Å². The first-order chi connectivity index (χ1) is 9.44. The first kappa shape index (κ1) is 14.6. The molecule has 108 valence electrons. The van der Waals surface area contributed by atoms with Crippen molar-refractivity contribution in [3.8, 4) is 0 Å². The number of nitrogens with one attached hydrogen (secondary N) is 1. The van der Waals surface area contributed by atoms with Gasteiger partial charge in [-0.05, 0) is 38.8 Å². The van der Waals surface area contributed by atoms with Gasteiger partial charge < -0.3 is 10.2 Å². The Hall–Kier alpha value is -1.84. The topological polar surface area (TPSA) is 49.4 Å². The zero-order valence-corrected chi connectivity index (χ0v) is 12.6. The highest BCUT2D eigenvalue weighted by Crippen LogP contribution is 2.31. The van der Waals surface area contributed by atoms with Crippen molar-refractivity contribution in [2.45, 2.75) is 52.1 Å². The van der Waals surface area contributed by atoms with Gasteiger partial charge in [-0.2, -0.15) is 0 Å². The van der Waals surface area contributed by atoms with Crippen LogP contribution in [0.1, 0.15) is 50.9 Å². The van der Waals surface area contributed by atoms with Crippen molar-refractivity contribution in [1.82, 2.24) is 5.32 Å². The summed E-state index contributed by atoms with van der Waals surface area (Å²) in [6.07, 6.45) is 1.41. The van der Waals surface area contributed by atoms with Gasteiger partial charge in [-0.3, -0.25) is 9.59 Å². The van der Waals surface area contributed by atoms with Crippen LogP contribution < -0.4 is 10.2 Å². The minimum atomic E-state index is -0.848. The Morgan fingerprint density at radius 3 is 2.50 bits per heavy atom. The molecule has 2 rings (SSSR count). The third-order valence-electron chi connectivity index (χ3n) is 4.23. The lowest BCUT2D eigenvalue weighted by atomic mass is 9.96. The van der Waals surface area contributed by atoms with Gasteiger partial charge in [0.15, 0.2) is 0 Å². The molecule has 0 bridgehead atoms. The number of nitrogens with zero attached hydrogens (tertiary/aromatic N) is 1. The zero-order chi connectivity index (χ0) is 14.9. The summed E-state index contributed by atoms with van der Waals surface area (Å²) in [6, 6.07) is 7.37. The van der Waals surface area contributed by atoms with Crippen molar-refractivity contribution in [2.24, 2.45) is 0 Å². The summed E-state index contributed by atoms with van der Waals surface area (Å²) < 4.78 is 0. The number of benzene rings is 1. The Morgan fingerprint density at radius 2 is 1.90 bits per heavy atom. The molecule has 0 saturated carbocycles.